The molecule has 0 bridgehead atoms. The molecule has 154 valence electrons. The maximum atomic E-state index is 12.0. The van der Waals surface area contributed by atoms with Crippen molar-refractivity contribution in [2.45, 2.75) is 39.0 Å². The van der Waals surface area contributed by atoms with Crippen LogP contribution in [-0.2, 0) is 11.3 Å². The molecule has 0 fully saturated rings. The average Bonchev–Trinajstić information content (AvgIpc) is 2.60. The van der Waals surface area contributed by atoms with Crippen molar-refractivity contribution in [2.24, 2.45) is 0 Å². The number of aliphatic hydroxyl groups is 1. The van der Waals surface area contributed by atoms with Crippen molar-refractivity contribution in [1.29, 1.82) is 0 Å². The van der Waals surface area contributed by atoms with E-state index in [1.54, 1.807) is 0 Å². The molecular formula is C21H28BrClN2O3. The highest BCUT2D eigenvalue weighted by molar-refractivity contribution is 9.10. The highest BCUT2D eigenvalue weighted by atomic mass is 79.9. The standard InChI is InChI=1S/C21H27BrN2O3.ClH/c1-21(2,3)24-20(26)14-27-19-10-9-17(22)11-16(19)12-23-13-18(25)15-7-5-4-6-8-15;/h4-11,18,23,25H,12-14H2,1-3H3,(H,24,26);1H. The van der Waals surface area contributed by atoms with Gasteiger partial charge in [0.1, 0.15) is 5.75 Å². The molecule has 5 nitrogen and oxygen atoms in total. The summed E-state index contributed by atoms with van der Waals surface area (Å²) < 4.78 is 6.63. The van der Waals surface area contributed by atoms with Crippen LogP contribution >= 0.6 is 28.3 Å². The Morgan fingerprint density at radius 1 is 1.18 bits per heavy atom. The molecule has 0 heterocycles. The molecule has 2 aromatic rings. The first-order valence-electron chi connectivity index (χ1n) is 8.90. The minimum Gasteiger partial charge on any atom is -0.483 e. The van der Waals surface area contributed by atoms with Gasteiger partial charge in [0.05, 0.1) is 6.10 Å². The van der Waals surface area contributed by atoms with E-state index < -0.39 is 6.10 Å². The van der Waals surface area contributed by atoms with Gasteiger partial charge in [0, 0.05) is 28.7 Å². The van der Waals surface area contributed by atoms with Crippen molar-refractivity contribution < 1.29 is 14.6 Å². The molecule has 2 rings (SSSR count). The fourth-order valence-corrected chi connectivity index (χ4v) is 2.97. The molecule has 0 aromatic heterocycles. The highest BCUT2D eigenvalue weighted by Crippen LogP contribution is 2.23. The van der Waals surface area contributed by atoms with Gasteiger partial charge in [-0.15, -0.1) is 12.4 Å². The van der Waals surface area contributed by atoms with E-state index in [0.717, 1.165) is 15.6 Å². The molecule has 0 spiro atoms. The van der Waals surface area contributed by atoms with Crippen LogP contribution in [0.1, 0.15) is 38.0 Å². The van der Waals surface area contributed by atoms with Crippen molar-refractivity contribution in [3.8, 4) is 5.75 Å². The van der Waals surface area contributed by atoms with Crippen molar-refractivity contribution >= 4 is 34.2 Å². The van der Waals surface area contributed by atoms with Gasteiger partial charge in [0.15, 0.2) is 6.61 Å². The van der Waals surface area contributed by atoms with Gasteiger partial charge in [0.25, 0.3) is 5.91 Å². The molecule has 3 N–H and O–H groups in total. The van der Waals surface area contributed by atoms with Crippen LogP contribution in [0.3, 0.4) is 0 Å². The van der Waals surface area contributed by atoms with E-state index in [-0.39, 0.29) is 30.5 Å². The molecule has 28 heavy (non-hydrogen) atoms. The number of aliphatic hydroxyl groups excluding tert-OH is 1. The van der Waals surface area contributed by atoms with Gasteiger partial charge >= 0.3 is 0 Å². The Labute approximate surface area is 181 Å². The smallest absolute Gasteiger partial charge is 0.258 e. The fraction of sp³-hybridized carbons (Fsp3) is 0.381. The van der Waals surface area contributed by atoms with Gasteiger partial charge in [-0.2, -0.15) is 0 Å². The van der Waals surface area contributed by atoms with Gasteiger partial charge in [0.2, 0.25) is 0 Å². The number of ether oxygens (including phenoxy) is 1. The molecule has 0 aliphatic heterocycles. The summed E-state index contributed by atoms with van der Waals surface area (Å²) in [5.41, 5.74) is 1.49. The van der Waals surface area contributed by atoms with E-state index in [2.05, 4.69) is 26.6 Å². The number of carbonyl (C=O) groups is 1. The first-order valence-corrected chi connectivity index (χ1v) is 9.70. The lowest BCUT2D eigenvalue weighted by Crippen LogP contribution is -2.43. The number of benzene rings is 2. The van der Waals surface area contributed by atoms with Crippen LogP contribution in [-0.4, -0.2) is 29.7 Å². The summed E-state index contributed by atoms with van der Waals surface area (Å²) in [6.45, 7) is 6.67. The van der Waals surface area contributed by atoms with Crippen LogP contribution in [0.15, 0.2) is 53.0 Å². The number of nitrogens with one attached hydrogen (secondary N) is 2. The van der Waals surface area contributed by atoms with E-state index in [0.29, 0.717) is 18.8 Å². The SMILES string of the molecule is CC(C)(C)NC(=O)COc1ccc(Br)cc1CNCC(O)c1ccccc1.Cl. The van der Waals surface area contributed by atoms with Crippen LogP contribution in [0.5, 0.6) is 5.75 Å². The molecule has 0 radical (unpaired) electrons. The summed E-state index contributed by atoms with van der Waals surface area (Å²) in [5, 5.41) is 16.4. The Balaban J connectivity index is 0.00000392. The summed E-state index contributed by atoms with van der Waals surface area (Å²) in [4.78, 5) is 12.0. The zero-order chi connectivity index (χ0) is 19.9. The number of hydrogen-bond donors (Lipinski definition) is 3. The zero-order valence-electron chi connectivity index (χ0n) is 16.4. The first kappa shape index (κ1) is 24.4. The number of carbonyl (C=O) groups excluding carboxylic acids is 1. The van der Waals surface area contributed by atoms with Gasteiger partial charge < -0.3 is 20.5 Å². The summed E-state index contributed by atoms with van der Waals surface area (Å²) in [7, 11) is 0. The summed E-state index contributed by atoms with van der Waals surface area (Å²) in [5.74, 6) is 0.479. The van der Waals surface area contributed by atoms with E-state index >= 15 is 0 Å². The Hall–Kier alpha value is -1.60. The molecule has 1 amide bonds. The van der Waals surface area contributed by atoms with E-state index in [1.165, 1.54) is 0 Å². The van der Waals surface area contributed by atoms with E-state index in [1.807, 2.05) is 69.3 Å². The normalized spacial score (nSPS) is 12.0. The lowest BCUT2D eigenvalue weighted by Gasteiger charge is -2.21. The Morgan fingerprint density at radius 3 is 2.50 bits per heavy atom. The van der Waals surface area contributed by atoms with E-state index in [4.69, 9.17) is 4.74 Å². The quantitative estimate of drug-likeness (QED) is 0.544. The third kappa shape index (κ3) is 8.61. The van der Waals surface area contributed by atoms with Gasteiger partial charge in [-0.1, -0.05) is 46.3 Å². The van der Waals surface area contributed by atoms with Gasteiger partial charge in [-0.05, 0) is 44.5 Å². The van der Waals surface area contributed by atoms with Crippen molar-refractivity contribution in [3.05, 3.63) is 64.1 Å². The minimum absolute atomic E-state index is 0. The molecule has 0 saturated carbocycles. The van der Waals surface area contributed by atoms with Crippen molar-refractivity contribution in [1.82, 2.24) is 10.6 Å². The van der Waals surface area contributed by atoms with Crippen LogP contribution in [0, 0.1) is 0 Å². The highest BCUT2D eigenvalue weighted by Gasteiger charge is 2.15. The average molecular weight is 472 g/mol. The summed E-state index contributed by atoms with van der Waals surface area (Å²) >= 11 is 3.46. The van der Waals surface area contributed by atoms with Crippen LogP contribution in [0.25, 0.3) is 0 Å². The lowest BCUT2D eigenvalue weighted by atomic mass is 10.1. The van der Waals surface area contributed by atoms with Gasteiger partial charge in [-0.3, -0.25) is 4.79 Å². The summed E-state index contributed by atoms with van der Waals surface area (Å²) in [6.07, 6.45) is -0.583. The number of rotatable bonds is 8. The Kier molecular flexibility index (Phi) is 9.96. The second-order valence-electron chi connectivity index (χ2n) is 7.40. The van der Waals surface area contributed by atoms with Crippen molar-refractivity contribution in [3.63, 3.8) is 0 Å². The maximum absolute atomic E-state index is 12.0. The molecule has 7 heteroatoms. The predicted octanol–water partition coefficient (Wildman–Crippen LogP) is 3.99. The number of halogens is 2. The first-order chi connectivity index (χ1) is 12.7. The van der Waals surface area contributed by atoms with Crippen LogP contribution < -0.4 is 15.4 Å². The Bertz CT molecular complexity index is 751. The Morgan fingerprint density at radius 2 is 1.86 bits per heavy atom. The third-order valence-electron chi connectivity index (χ3n) is 3.73. The second kappa shape index (κ2) is 11.4. The molecule has 1 atom stereocenters. The van der Waals surface area contributed by atoms with Crippen LogP contribution in [0.4, 0.5) is 0 Å². The zero-order valence-corrected chi connectivity index (χ0v) is 18.8. The number of hydrogen-bond acceptors (Lipinski definition) is 4. The fourth-order valence-electron chi connectivity index (χ4n) is 2.56. The maximum Gasteiger partial charge on any atom is 0.258 e. The second-order valence-corrected chi connectivity index (χ2v) is 8.31. The summed E-state index contributed by atoms with van der Waals surface area (Å²) in [6, 6.07) is 15.2. The predicted molar refractivity (Wildman–Crippen MR) is 118 cm³/mol. The molecule has 1 unspecified atom stereocenters. The van der Waals surface area contributed by atoms with Crippen LogP contribution in [0.2, 0.25) is 0 Å². The minimum atomic E-state index is -0.583. The monoisotopic (exact) mass is 470 g/mol. The topological polar surface area (TPSA) is 70.6 Å². The largest absolute Gasteiger partial charge is 0.483 e. The molecule has 0 aliphatic carbocycles. The van der Waals surface area contributed by atoms with Gasteiger partial charge in [-0.25, -0.2) is 0 Å². The molecular weight excluding hydrogens is 444 g/mol. The lowest BCUT2D eigenvalue weighted by molar-refractivity contribution is -0.124. The molecule has 0 aliphatic rings. The van der Waals surface area contributed by atoms with Crippen molar-refractivity contribution in [2.75, 3.05) is 13.2 Å². The molecule has 0 saturated heterocycles. The van der Waals surface area contributed by atoms with E-state index in [9.17, 15) is 9.90 Å². The third-order valence-corrected chi connectivity index (χ3v) is 4.23. The number of amides is 1. The molecule has 2 aromatic carbocycles.